The number of ether oxygens (including phenoxy) is 1. The van der Waals surface area contributed by atoms with E-state index < -0.39 is 0 Å². The number of phenols is 1. The number of phenolic OH excluding ortho intramolecular Hbond substituents is 1. The van der Waals surface area contributed by atoms with Crippen molar-refractivity contribution in [2.75, 3.05) is 6.61 Å². The van der Waals surface area contributed by atoms with Gasteiger partial charge >= 0.3 is 0 Å². The number of nitrogens with two attached hydrogens (primary N) is 1. The molecule has 1 aromatic heterocycles. The molecule has 1 atom stereocenters. The van der Waals surface area contributed by atoms with Gasteiger partial charge in [-0.25, -0.2) is 0 Å². The molecule has 1 aromatic carbocycles. The fourth-order valence-electron chi connectivity index (χ4n) is 1.47. The third kappa shape index (κ3) is 3.19. The lowest BCUT2D eigenvalue weighted by atomic mass is 10.1. The average molecular weight is 230 g/mol. The van der Waals surface area contributed by atoms with Crippen molar-refractivity contribution in [3.05, 3.63) is 54.4 Å². The minimum absolute atomic E-state index is 0.181. The Hall–Kier alpha value is -2.07. The molecule has 0 aliphatic heterocycles. The van der Waals surface area contributed by atoms with E-state index >= 15 is 0 Å². The van der Waals surface area contributed by atoms with E-state index in [2.05, 4.69) is 4.98 Å². The summed E-state index contributed by atoms with van der Waals surface area (Å²) < 4.78 is 5.50. The molecule has 3 N–H and O–H groups in total. The van der Waals surface area contributed by atoms with Crippen molar-refractivity contribution in [2.24, 2.45) is 5.73 Å². The summed E-state index contributed by atoms with van der Waals surface area (Å²) in [6.07, 6.45) is 3.40. The van der Waals surface area contributed by atoms with E-state index in [0.717, 1.165) is 5.56 Å². The molecule has 2 rings (SSSR count). The molecule has 0 amide bonds. The van der Waals surface area contributed by atoms with Crippen LogP contribution >= 0.6 is 0 Å². The van der Waals surface area contributed by atoms with E-state index in [1.54, 1.807) is 36.7 Å². The maximum atomic E-state index is 9.28. The van der Waals surface area contributed by atoms with Crippen LogP contribution in [0.2, 0.25) is 0 Å². The second kappa shape index (κ2) is 5.32. The highest BCUT2D eigenvalue weighted by atomic mass is 16.5. The predicted molar refractivity (Wildman–Crippen MR) is 64.8 cm³/mol. The Morgan fingerprint density at radius 2 is 2.00 bits per heavy atom. The minimum atomic E-state index is -0.208. The van der Waals surface area contributed by atoms with Crippen LogP contribution in [0.3, 0.4) is 0 Å². The first-order valence-electron chi connectivity index (χ1n) is 5.33. The van der Waals surface area contributed by atoms with Gasteiger partial charge in [0.2, 0.25) is 0 Å². The van der Waals surface area contributed by atoms with Crippen molar-refractivity contribution in [1.82, 2.24) is 4.98 Å². The molecular weight excluding hydrogens is 216 g/mol. The van der Waals surface area contributed by atoms with Gasteiger partial charge in [-0.3, -0.25) is 4.98 Å². The predicted octanol–water partition coefficient (Wildman–Crippen LogP) is 1.87. The number of aromatic nitrogens is 1. The molecule has 1 heterocycles. The molecule has 1 unspecified atom stereocenters. The lowest BCUT2D eigenvalue weighted by molar-refractivity contribution is 0.289. The van der Waals surface area contributed by atoms with Crippen LogP contribution in [0, 0.1) is 0 Å². The monoisotopic (exact) mass is 230 g/mol. The van der Waals surface area contributed by atoms with E-state index in [-0.39, 0.29) is 11.8 Å². The summed E-state index contributed by atoms with van der Waals surface area (Å²) in [5.74, 6) is 0.787. The van der Waals surface area contributed by atoms with E-state index in [0.29, 0.717) is 12.4 Å². The zero-order valence-corrected chi connectivity index (χ0v) is 9.28. The molecule has 0 radical (unpaired) electrons. The average Bonchev–Trinajstić information content (AvgIpc) is 2.37. The molecule has 0 bridgehead atoms. The van der Waals surface area contributed by atoms with Gasteiger partial charge in [-0.05, 0) is 29.8 Å². The zero-order chi connectivity index (χ0) is 12.1. The summed E-state index contributed by atoms with van der Waals surface area (Å²) in [6, 6.07) is 10.2. The molecule has 4 nitrogen and oxygen atoms in total. The second-order valence-corrected chi connectivity index (χ2v) is 3.70. The summed E-state index contributed by atoms with van der Waals surface area (Å²) in [6.45, 7) is 0.355. The summed E-state index contributed by atoms with van der Waals surface area (Å²) in [5.41, 5.74) is 6.94. The Labute approximate surface area is 99.7 Å². The van der Waals surface area contributed by atoms with Crippen molar-refractivity contribution < 1.29 is 9.84 Å². The fourth-order valence-corrected chi connectivity index (χ4v) is 1.47. The van der Waals surface area contributed by atoms with Gasteiger partial charge in [-0.15, -0.1) is 0 Å². The Balaban J connectivity index is 1.95. The quantitative estimate of drug-likeness (QED) is 0.841. The second-order valence-electron chi connectivity index (χ2n) is 3.70. The van der Waals surface area contributed by atoms with Crippen molar-refractivity contribution in [3.8, 4) is 11.5 Å². The Morgan fingerprint density at radius 3 is 2.71 bits per heavy atom. The zero-order valence-electron chi connectivity index (χ0n) is 9.28. The first-order chi connectivity index (χ1) is 8.25. The van der Waals surface area contributed by atoms with Gasteiger partial charge in [0.1, 0.15) is 18.1 Å². The molecule has 0 spiro atoms. The molecule has 0 fully saturated rings. The topological polar surface area (TPSA) is 68.4 Å². The smallest absolute Gasteiger partial charge is 0.123 e. The molecular formula is C13H14N2O2. The normalized spacial score (nSPS) is 12.1. The standard InChI is InChI=1S/C13H14N2O2/c14-13(10-4-6-15-7-5-10)9-17-12-3-1-2-11(16)8-12/h1-8,13,16H,9,14H2. The van der Waals surface area contributed by atoms with Gasteiger partial charge in [-0.2, -0.15) is 0 Å². The first kappa shape index (κ1) is 11.4. The summed E-state index contributed by atoms with van der Waals surface area (Å²) >= 11 is 0. The summed E-state index contributed by atoms with van der Waals surface area (Å²) in [4.78, 5) is 3.93. The molecule has 17 heavy (non-hydrogen) atoms. The van der Waals surface area contributed by atoms with Crippen LogP contribution in [-0.4, -0.2) is 16.7 Å². The number of hydrogen-bond acceptors (Lipinski definition) is 4. The van der Waals surface area contributed by atoms with Crippen LogP contribution in [-0.2, 0) is 0 Å². The molecule has 88 valence electrons. The third-order valence-corrected chi connectivity index (χ3v) is 2.38. The van der Waals surface area contributed by atoms with Crippen molar-refractivity contribution >= 4 is 0 Å². The number of rotatable bonds is 4. The highest BCUT2D eigenvalue weighted by molar-refractivity contribution is 5.31. The third-order valence-electron chi connectivity index (χ3n) is 2.38. The van der Waals surface area contributed by atoms with E-state index in [9.17, 15) is 5.11 Å². The Bertz CT molecular complexity index is 474. The van der Waals surface area contributed by atoms with Crippen molar-refractivity contribution in [2.45, 2.75) is 6.04 Å². The number of pyridine rings is 1. The van der Waals surface area contributed by atoms with Gasteiger partial charge in [0.15, 0.2) is 0 Å². The number of benzene rings is 1. The maximum absolute atomic E-state index is 9.28. The van der Waals surface area contributed by atoms with E-state index in [1.807, 2.05) is 12.1 Å². The lowest BCUT2D eigenvalue weighted by Gasteiger charge is -2.13. The van der Waals surface area contributed by atoms with Gasteiger partial charge in [0.25, 0.3) is 0 Å². The molecule has 0 saturated heterocycles. The molecule has 0 saturated carbocycles. The van der Waals surface area contributed by atoms with Gasteiger partial charge in [-0.1, -0.05) is 6.07 Å². The Morgan fingerprint density at radius 1 is 1.24 bits per heavy atom. The van der Waals surface area contributed by atoms with Crippen LogP contribution in [0.1, 0.15) is 11.6 Å². The SMILES string of the molecule is NC(COc1cccc(O)c1)c1ccncc1. The molecule has 4 heteroatoms. The van der Waals surface area contributed by atoms with Crippen molar-refractivity contribution in [3.63, 3.8) is 0 Å². The highest BCUT2D eigenvalue weighted by Crippen LogP contribution is 2.19. The fraction of sp³-hybridized carbons (Fsp3) is 0.154. The van der Waals surface area contributed by atoms with Gasteiger partial charge in [0, 0.05) is 18.5 Å². The summed E-state index contributed by atoms with van der Waals surface area (Å²) in [7, 11) is 0. The van der Waals surface area contributed by atoms with Gasteiger partial charge in [0.05, 0.1) is 6.04 Å². The number of nitrogens with zero attached hydrogens (tertiary/aromatic N) is 1. The van der Waals surface area contributed by atoms with Gasteiger partial charge < -0.3 is 15.6 Å². The minimum Gasteiger partial charge on any atom is -0.508 e. The number of hydrogen-bond donors (Lipinski definition) is 2. The number of aromatic hydroxyl groups is 1. The van der Waals surface area contributed by atoms with Crippen LogP contribution in [0.25, 0.3) is 0 Å². The van der Waals surface area contributed by atoms with Crippen LogP contribution in [0.15, 0.2) is 48.8 Å². The molecule has 0 aliphatic rings. The van der Waals surface area contributed by atoms with Crippen molar-refractivity contribution in [1.29, 1.82) is 0 Å². The lowest BCUT2D eigenvalue weighted by Crippen LogP contribution is -2.18. The maximum Gasteiger partial charge on any atom is 0.123 e. The molecule has 0 aliphatic carbocycles. The molecule has 2 aromatic rings. The van der Waals surface area contributed by atoms with E-state index in [4.69, 9.17) is 10.5 Å². The van der Waals surface area contributed by atoms with E-state index in [1.165, 1.54) is 0 Å². The summed E-state index contributed by atoms with van der Waals surface area (Å²) in [5, 5.41) is 9.28. The highest BCUT2D eigenvalue weighted by Gasteiger charge is 2.06. The largest absolute Gasteiger partial charge is 0.508 e. The Kier molecular flexibility index (Phi) is 3.57. The van der Waals surface area contributed by atoms with Crippen LogP contribution < -0.4 is 10.5 Å². The van der Waals surface area contributed by atoms with Crippen LogP contribution in [0.4, 0.5) is 0 Å². The first-order valence-corrected chi connectivity index (χ1v) is 5.33. The van der Waals surface area contributed by atoms with Crippen LogP contribution in [0.5, 0.6) is 11.5 Å².